The molecule has 0 bridgehead atoms. The van der Waals surface area contributed by atoms with Crippen molar-refractivity contribution in [2.24, 2.45) is 11.1 Å². The largest absolute Gasteiger partial charge is 0.493 e. The van der Waals surface area contributed by atoms with E-state index in [2.05, 4.69) is 20.3 Å². The summed E-state index contributed by atoms with van der Waals surface area (Å²) >= 11 is 5.81. The van der Waals surface area contributed by atoms with E-state index in [-0.39, 0.29) is 0 Å². The zero-order chi connectivity index (χ0) is 20.6. The predicted octanol–water partition coefficient (Wildman–Crippen LogP) is 4.19. The third kappa shape index (κ3) is 5.73. The van der Waals surface area contributed by atoms with Crippen molar-refractivity contribution in [2.75, 3.05) is 38.8 Å². The van der Waals surface area contributed by atoms with Gasteiger partial charge in [-0.1, -0.05) is 16.8 Å². The third-order valence-electron chi connectivity index (χ3n) is 5.15. The molecule has 0 unspecified atom stereocenters. The van der Waals surface area contributed by atoms with Crippen molar-refractivity contribution >= 4 is 23.1 Å². The molecule has 0 spiro atoms. The van der Waals surface area contributed by atoms with Crippen LogP contribution in [0.2, 0.25) is 5.15 Å². The monoisotopic (exact) mass is 418 g/mol. The highest BCUT2D eigenvalue weighted by Gasteiger charge is 2.20. The number of methoxy groups -OCH3 is 1. The molecule has 0 saturated carbocycles. The lowest BCUT2D eigenvalue weighted by molar-refractivity contribution is 0.213. The highest BCUT2D eigenvalue weighted by molar-refractivity contribution is 6.29. The van der Waals surface area contributed by atoms with Gasteiger partial charge in [-0.25, -0.2) is 0 Å². The molecule has 1 fully saturated rings. The van der Waals surface area contributed by atoms with Gasteiger partial charge >= 0.3 is 0 Å². The normalized spacial score (nSPS) is 15.3. The molecule has 2 aromatic rings. The van der Waals surface area contributed by atoms with E-state index < -0.39 is 0 Å². The minimum absolute atomic E-state index is 0.422. The molecular weight excluding hydrogens is 392 g/mol. The second kappa shape index (κ2) is 10.3. The average Bonchev–Trinajstić information content (AvgIpc) is 2.75. The van der Waals surface area contributed by atoms with Crippen LogP contribution in [0, 0.1) is 5.92 Å². The summed E-state index contributed by atoms with van der Waals surface area (Å²) in [6.45, 7) is 4.49. The second-order valence-corrected chi connectivity index (χ2v) is 7.39. The van der Waals surface area contributed by atoms with Crippen LogP contribution in [0.25, 0.3) is 0 Å². The van der Waals surface area contributed by atoms with Crippen LogP contribution in [0.3, 0.4) is 0 Å². The van der Waals surface area contributed by atoms with E-state index >= 15 is 0 Å². The summed E-state index contributed by atoms with van der Waals surface area (Å²) in [4.78, 5) is 7.09. The molecule has 0 radical (unpaired) electrons. The molecule has 156 valence electrons. The second-order valence-electron chi connectivity index (χ2n) is 7.01. The van der Waals surface area contributed by atoms with E-state index in [1.165, 1.54) is 7.11 Å². The fourth-order valence-corrected chi connectivity index (χ4v) is 3.57. The summed E-state index contributed by atoms with van der Waals surface area (Å²) < 4.78 is 11.5. The quantitative estimate of drug-likeness (QED) is 0.472. The van der Waals surface area contributed by atoms with Crippen LogP contribution in [0.4, 0.5) is 5.82 Å². The minimum Gasteiger partial charge on any atom is -0.493 e. The number of aromatic nitrogens is 2. The van der Waals surface area contributed by atoms with Gasteiger partial charge in [-0.05, 0) is 62.4 Å². The Morgan fingerprint density at radius 1 is 1.14 bits per heavy atom. The van der Waals surface area contributed by atoms with Gasteiger partial charge in [0.15, 0.2) is 22.5 Å². The van der Waals surface area contributed by atoms with Crippen molar-refractivity contribution in [3.05, 3.63) is 41.0 Å². The Bertz CT molecular complexity index is 821. The van der Waals surface area contributed by atoms with E-state index in [4.69, 9.17) is 25.9 Å². The Kier molecular flexibility index (Phi) is 7.52. The number of hydrogen-bond acceptors (Lipinski definition) is 7. The first-order chi connectivity index (χ1) is 14.1. The molecule has 3 rings (SSSR count). The summed E-state index contributed by atoms with van der Waals surface area (Å²) in [6.07, 6.45) is 3.22. The SMILES string of the molecule is CO/N=C(\C)c1ccc(OCCC2CCN(c3ccc(Cl)nn3)CC2)c(OC)c1. The number of piperidine rings is 1. The number of halogens is 1. The highest BCUT2D eigenvalue weighted by atomic mass is 35.5. The van der Waals surface area contributed by atoms with Crippen molar-refractivity contribution in [2.45, 2.75) is 26.2 Å². The summed E-state index contributed by atoms with van der Waals surface area (Å²) in [7, 11) is 3.18. The summed E-state index contributed by atoms with van der Waals surface area (Å²) in [5.74, 6) is 2.97. The van der Waals surface area contributed by atoms with E-state index in [1.54, 1.807) is 13.2 Å². The molecule has 0 atom stereocenters. The minimum atomic E-state index is 0.422. The molecule has 0 amide bonds. The first-order valence-electron chi connectivity index (χ1n) is 9.74. The molecule has 29 heavy (non-hydrogen) atoms. The van der Waals surface area contributed by atoms with E-state index in [1.807, 2.05) is 31.2 Å². The topological polar surface area (TPSA) is 69.1 Å². The fourth-order valence-electron chi connectivity index (χ4n) is 3.47. The van der Waals surface area contributed by atoms with Crippen LogP contribution in [0.15, 0.2) is 35.5 Å². The van der Waals surface area contributed by atoms with Gasteiger partial charge in [0, 0.05) is 18.7 Å². The maximum atomic E-state index is 6.00. The maximum absolute atomic E-state index is 6.00. The van der Waals surface area contributed by atoms with Crippen molar-refractivity contribution in [3.63, 3.8) is 0 Å². The van der Waals surface area contributed by atoms with Gasteiger partial charge in [-0.3, -0.25) is 0 Å². The standard InChI is InChI=1S/C21H27ClN4O3/c1-15(25-28-3)17-4-5-18(19(14-17)27-2)29-13-10-16-8-11-26(12-9-16)21-7-6-20(22)23-24-21/h4-7,14,16H,8-13H2,1-3H3/b25-15+. The van der Waals surface area contributed by atoms with Gasteiger partial charge in [0.1, 0.15) is 7.11 Å². The molecule has 0 N–H and O–H groups in total. The zero-order valence-corrected chi connectivity index (χ0v) is 17.9. The molecule has 2 heterocycles. The van der Waals surface area contributed by atoms with Crippen LogP contribution < -0.4 is 14.4 Å². The van der Waals surface area contributed by atoms with Crippen LogP contribution in [-0.2, 0) is 4.84 Å². The van der Waals surface area contributed by atoms with E-state index in [0.717, 1.165) is 55.2 Å². The summed E-state index contributed by atoms with van der Waals surface area (Å²) in [5.41, 5.74) is 1.73. The molecule has 1 aliphatic rings. The number of hydrogen-bond donors (Lipinski definition) is 0. The molecule has 7 nitrogen and oxygen atoms in total. The number of rotatable bonds is 8. The van der Waals surface area contributed by atoms with Crippen LogP contribution in [-0.4, -0.2) is 49.8 Å². The van der Waals surface area contributed by atoms with Gasteiger partial charge in [0.2, 0.25) is 0 Å². The molecular formula is C21H27ClN4O3. The van der Waals surface area contributed by atoms with Gasteiger partial charge in [-0.15, -0.1) is 10.2 Å². The van der Waals surface area contributed by atoms with Gasteiger partial charge in [-0.2, -0.15) is 0 Å². The Morgan fingerprint density at radius 2 is 1.93 bits per heavy atom. The maximum Gasteiger partial charge on any atom is 0.161 e. The molecule has 1 aromatic carbocycles. The lowest BCUT2D eigenvalue weighted by atomic mass is 9.94. The molecule has 1 aliphatic heterocycles. The zero-order valence-electron chi connectivity index (χ0n) is 17.1. The Hall–Kier alpha value is -2.54. The lowest BCUT2D eigenvalue weighted by Gasteiger charge is -2.32. The molecule has 8 heteroatoms. The Morgan fingerprint density at radius 3 is 2.59 bits per heavy atom. The van der Waals surface area contributed by atoms with Crippen molar-refractivity contribution in [1.29, 1.82) is 0 Å². The third-order valence-corrected chi connectivity index (χ3v) is 5.35. The number of nitrogens with zero attached hydrogens (tertiary/aromatic N) is 4. The van der Waals surface area contributed by atoms with Crippen LogP contribution in [0.5, 0.6) is 11.5 Å². The predicted molar refractivity (Wildman–Crippen MR) is 114 cm³/mol. The number of oxime groups is 1. The smallest absolute Gasteiger partial charge is 0.161 e. The number of benzene rings is 1. The molecule has 1 saturated heterocycles. The summed E-state index contributed by atoms with van der Waals surface area (Å²) in [6, 6.07) is 9.50. The number of anilines is 1. The first kappa shape index (κ1) is 21.2. The average molecular weight is 419 g/mol. The molecule has 0 aliphatic carbocycles. The van der Waals surface area contributed by atoms with E-state index in [9.17, 15) is 0 Å². The lowest BCUT2D eigenvalue weighted by Crippen LogP contribution is -2.34. The van der Waals surface area contributed by atoms with E-state index in [0.29, 0.717) is 23.4 Å². The van der Waals surface area contributed by atoms with Crippen molar-refractivity contribution in [3.8, 4) is 11.5 Å². The van der Waals surface area contributed by atoms with Crippen LogP contribution >= 0.6 is 11.6 Å². The van der Waals surface area contributed by atoms with Gasteiger partial charge < -0.3 is 19.2 Å². The van der Waals surface area contributed by atoms with Gasteiger partial charge in [0.25, 0.3) is 0 Å². The van der Waals surface area contributed by atoms with Crippen molar-refractivity contribution < 1.29 is 14.3 Å². The Balaban J connectivity index is 1.48. The summed E-state index contributed by atoms with van der Waals surface area (Å²) in [5, 5.41) is 12.5. The highest BCUT2D eigenvalue weighted by Crippen LogP contribution is 2.30. The number of ether oxygens (including phenoxy) is 2. The first-order valence-corrected chi connectivity index (χ1v) is 10.1. The Labute approximate surface area is 176 Å². The molecule has 1 aromatic heterocycles. The van der Waals surface area contributed by atoms with Crippen molar-refractivity contribution in [1.82, 2.24) is 10.2 Å². The fraction of sp³-hybridized carbons (Fsp3) is 0.476. The van der Waals surface area contributed by atoms with Crippen LogP contribution in [0.1, 0.15) is 31.7 Å². The van der Waals surface area contributed by atoms with Gasteiger partial charge in [0.05, 0.1) is 19.4 Å².